The van der Waals surface area contributed by atoms with Gasteiger partial charge in [-0.15, -0.1) is 0 Å². The molecule has 8 atom stereocenters. The van der Waals surface area contributed by atoms with E-state index in [-0.39, 0.29) is 36.4 Å². The third kappa shape index (κ3) is 7.49. The second-order valence-corrected chi connectivity index (χ2v) is 15.0. The van der Waals surface area contributed by atoms with Gasteiger partial charge in [0.25, 0.3) is 0 Å². The van der Waals surface area contributed by atoms with E-state index in [4.69, 9.17) is 4.74 Å². The summed E-state index contributed by atoms with van der Waals surface area (Å²) in [6.07, 6.45) is 16.9. The van der Waals surface area contributed by atoms with E-state index in [1.807, 2.05) is 0 Å². The fourth-order valence-corrected chi connectivity index (χ4v) is 9.10. The number of amides is 1. The first-order valence-corrected chi connectivity index (χ1v) is 16.3. The molecule has 4 rings (SSSR count). The van der Waals surface area contributed by atoms with Crippen LogP contribution in [-0.4, -0.2) is 35.2 Å². The molecule has 2 N–H and O–H groups in total. The van der Waals surface area contributed by atoms with Crippen LogP contribution in [0.15, 0.2) is 11.6 Å². The predicted molar refractivity (Wildman–Crippen MR) is 157 cm³/mol. The van der Waals surface area contributed by atoms with Gasteiger partial charge in [-0.3, -0.25) is 9.59 Å². The van der Waals surface area contributed by atoms with Gasteiger partial charge in [-0.25, -0.2) is 0 Å². The largest absolute Gasteiger partial charge is 0.461 e. The third-order valence-electron chi connectivity index (χ3n) is 11.3. The quantitative estimate of drug-likeness (QED) is 0.213. The Bertz CT molecular complexity index is 888. The molecule has 5 unspecified atom stereocenters. The van der Waals surface area contributed by atoms with Gasteiger partial charge in [-0.05, 0) is 112 Å². The molecule has 5 nitrogen and oxygen atoms in total. The molecule has 0 bridgehead atoms. The monoisotopic (exact) mass is 543 g/mol. The number of allylic oxidation sites excluding steroid dienone is 1. The number of carbonyl (C=O) groups is 2. The maximum atomic E-state index is 12.5. The number of ether oxygens (including phenoxy) is 1. The van der Waals surface area contributed by atoms with Crippen LogP contribution in [0.2, 0.25) is 0 Å². The Morgan fingerprint density at radius 2 is 1.82 bits per heavy atom. The van der Waals surface area contributed by atoms with Crippen molar-refractivity contribution in [2.75, 3.05) is 6.54 Å². The smallest absolute Gasteiger partial charge is 0.325 e. The molecule has 0 aromatic carbocycles. The Morgan fingerprint density at radius 1 is 1.08 bits per heavy atom. The third-order valence-corrected chi connectivity index (χ3v) is 11.3. The highest BCUT2D eigenvalue weighted by Gasteiger charge is 2.54. The molecule has 0 radical (unpaired) electrons. The van der Waals surface area contributed by atoms with Crippen LogP contribution in [-0.2, 0) is 14.3 Å². The summed E-state index contributed by atoms with van der Waals surface area (Å²) in [6, 6.07) is 0. The standard InChI is InChI=1S/C34H57NO4/c1-22(2)8-7-9-23(3)26-12-13-28-27(26)14-15-30-29(28)11-10-24-20-25(16-19-34(24,30)6)39-32(37)21-35-31(36)17-18-33(4,5)38/h10,22-23,25-30,38H,7-9,11-21H2,1-6H3,(H,35,36)/t23?,25-,26+,27?,28?,29?,30?,34-/m0/s1. The van der Waals surface area contributed by atoms with Gasteiger partial charge in [0.2, 0.25) is 5.91 Å². The van der Waals surface area contributed by atoms with Gasteiger partial charge in [0, 0.05) is 12.8 Å². The van der Waals surface area contributed by atoms with Gasteiger partial charge in [0.1, 0.15) is 12.6 Å². The summed E-state index contributed by atoms with van der Waals surface area (Å²) in [5.41, 5.74) is 0.893. The zero-order chi connectivity index (χ0) is 28.4. The molecule has 4 aliphatic rings. The molecular weight excluding hydrogens is 486 g/mol. The molecule has 3 saturated carbocycles. The Kier molecular flexibility index (Phi) is 9.93. The number of nitrogens with one attached hydrogen (secondary N) is 1. The molecule has 3 fully saturated rings. The van der Waals surface area contributed by atoms with Crippen molar-refractivity contribution in [2.24, 2.45) is 46.8 Å². The van der Waals surface area contributed by atoms with Crippen LogP contribution in [0, 0.1) is 46.8 Å². The molecule has 4 aliphatic carbocycles. The zero-order valence-electron chi connectivity index (χ0n) is 25.8. The number of carbonyl (C=O) groups excluding carboxylic acids is 2. The number of hydrogen-bond acceptors (Lipinski definition) is 4. The highest BCUT2D eigenvalue weighted by molar-refractivity contribution is 5.81. The number of aliphatic hydroxyl groups is 1. The lowest BCUT2D eigenvalue weighted by molar-refractivity contribution is -0.151. The first-order valence-electron chi connectivity index (χ1n) is 16.3. The number of hydrogen-bond donors (Lipinski definition) is 2. The van der Waals surface area contributed by atoms with Crippen LogP contribution in [0.3, 0.4) is 0 Å². The van der Waals surface area contributed by atoms with Crippen molar-refractivity contribution in [1.82, 2.24) is 5.32 Å². The summed E-state index contributed by atoms with van der Waals surface area (Å²) >= 11 is 0. The van der Waals surface area contributed by atoms with Crippen LogP contribution in [0.1, 0.15) is 125 Å². The zero-order valence-corrected chi connectivity index (χ0v) is 25.8. The van der Waals surface area contributed by atoms with E-state index in [1.54, 1.807) is 13.8 Å². The van der Waals surface area contributed by atoms with Crippen LogP contribution >= 0.6 is 0 Å². The molecule has 0 saturated heterocycles. The molecule has 0 aliphatic heterocycles. The first kappa shape index (κ1) is 30.6. The van der Waals surface area contributed by atoms with Crippen molar-refractivity contribution in [3.63, 3.8) is 0 Å². The molecular formula is C34H57NO4. The van der Waals surface area contributed by atoms with E-state index in [1.165, 1.54) is 56.9 Å². The van der Waals surface area contributed by atoms with Crippen LogP contribution < -0.4 is 5.32 Å². The molecule has 0 aromatic rings. The lowest BCUT2D eigenvalue weighted by Gasteiger charge is -2.55. The van der Waals surface area contributed by atoms with E-state index in [0.29, 0.717) is 6.42 Å². The van der Waals surface area contributed by atoms with Crippen LogP contribution in [0.5, 0.6) is 0 Å². The van der Waals surface area contributed by atoms with Gasteiger partial charge >= 0.3 is 5.97 Å². The fourth-order valence-electron chi connectivity index (χ4n) is 9.10. The van der Waals surface area contributed by atoms with Crippen molar-refractivity contribution in [3.8, 4) is 0 Å². The average Bonchev–Trinajstić information content (AvgIpc) is 3.30. The molecule has 0 aromatic heterocycles. The Labute approximate surface area is 238 Å². The maximum absolute atomic E-state index is 12.5. The molecule has 5 heteroatoms. The second kappa shape index (κ2) is 12.7. The molecule has 1 amide bonds. The first-order chi connectivity index (χ1) is 18.4. The Hall–Kier alpha value is -1.36. The SMILES string of the molecule is CC(C)CCCC(C)[C@H]1CCC2C3CC=C4C[C@@H](OC(=O)CNC(=O)CCC(C)(C)O)CC[C@]4(C)C3CCC21. The lowest BCUT2D eigenvalue weighted by Crippen LogP contribution is -2.48. The van der Waals surface area contributed by atoms with E-state index in [9.17, 15) is 14.7 Å². The normalized spacial score (nSPS) is 34.9. The topological polar surface area (TPSA) is 75.6 Å². The van der Waals surface area contributed by atoms with Crippen LogP contribution in [0.25, 0.3) is 0 Å². The van der Waals surface area contributed by atoms with Gasteiger partial charge in [-0.2, -0.15) is 0 Å². The van der Waals surface area contributed by atoms with Gasteiger partial charge in [0.15, 0.2) is 0 Å². The predicted octanol–water partition coefficient (Wildman–Crippen LogP) is 7.22. The lowest BCUT2D eigenvalue weighted by atomic mass is 9.50. The Morgan fingerprint density at radius 3 is 2.54 bits per heavy atom. The van der Waals surface area contributed by atoms with E-state index < -0.39 is 5.60 Å². The summed E-state index contributed by atoms with van der Waals surface area (Å²) < 4.78 is 5.83. The van der Waals surface area contributed by atoms with Crippen molar-refractivity contribution >= 4 is 11.9 Å². The molecule has 39 heavy (non-hydrogen) atoms. The average molecular weight is 544 g/mol. The Balaban J connectivity index is 1.28. The van der Waals surface area contributed by atoms with E-state index in [0.717, 1.165) is 60.7 Å². The fraction of sp³-hybridized carbons (Fsp3) is 0.882. The number of esters is 1. The highest BCUT2D eigenvalue weighted by Crippen LogP contribution is 2.63. The van der Waals surface area contributed by atoms with Crippen molar-refractivity contribution < 1.29 is 19.4 Å². The molecule has 0 heterocycles. The number of fused-ring (bicyclic) bond motifs is 5. The second-order valence-electron chi connectivity index (χ2n) is 15.0. The van der Waals surface area contributed by atoms with Crippen LogP contribution in [0.4, 0.5) is 0 Å². The molecule has 0 spiro atoms. The van der Waals surface area contributed by atoms with Crippen molar-refractivity contribution in [3.05, 3.63) is 11.6 Å². The van der Waals surface area contributed by atoms with Gasteiger partial charge < -0.3 is 15.2 Å². The van der Waals surface area contributed by atoms with Gasteiger partial charge in [-0.1, -0.05) is 58.6 Å². The van der Waals surface area contributed by atoms with Crippen molar-refractivity contribution in [1.29, 1.82) is 0 Å². The van der Waals surface area contributed by atoms with E-state index >= 15 is 0 Å². The summed E-state index contributed by atoms with van der Waals surface area (Å²) in [4.78, 5) is 24.5. The summed E-state index contributed by atoms with van der Waals surface area (Å²) in [5, 5.41) is 12.4. The minimum absolute atomic E-state index is 0.0828. The maximum Gasteiger partial charge on any atom is 0.325 e. The summed E-state index contributed by atoms with van der Waals surface area (Å²) in [7, 11) is 0. The minimum atomic E-state index is -0.885. The van der Waals surface area contributed by atoms with E-state index in [2.05, 4.69) is 39.1 Å². The summed E-state index contributed by atoms with van der Waals surface area (Å²) in [5.74, 6) is 5.52. The van der Waals surface area contributed by atoms with Crippen molar-refractivity contribution in [2.45, 2.75) is 137 Å². The minimum Gasteiger partial charge on any atom is -0.461 e. The highest BCUT2D eigenvalue weighted by atomic mass is 16.5. The molecule has 222 valence electrons. The van der Waals surface area contributed by atoms with Gasteiger partial charge in [0.05, 0.1) is 5.60 Å². The number of rotatable bonds is 11. The summed E-state index contributed by atoms with van der Waals surface area (Å²) in [6.45, 7) is 13.0.